The van der Waals surface area contributed by atoms with E-state index < -0.39 is 0 Å². The molecule has 0 aliphatic heterocycles. The number of aromatic nitrogens is 2. The van der Waals surface area contributed by atoms with Gasteiger partial charge >= 0.3 is 0 Å². The van der Waals surface area contributed by atoms with Gasteiger partial charge in [-0.2, -0.15) is 0 Å². The first-order valence-corrected chi connectivity index (χ1v) is 8.18. The van der Waals surface area contributed by atoms with Gasteiger partial charge in [0, 0.05) is 17.3 Å². The van der Waals surface area contributed by atoms with Crippen molar-refractivity contribution < 1.29 is 0 Å². The minimum atomic E-state index is 0.543. The molecule has 0 saturated heterocycles. The minimum absolute atomic E-state index is 0.543. The third-order valence-electron chi connectivity index (χ3n) is 2.62. The highest BCUT2D eigenvalue weighted by molar-refractivity contribution is 7.99. The lowest BCUT2D eigenvalue weighted by molar-refractivity contribution is 1.10. The van der Waals surface area contributed by atoms with E-state index in [0.717, 1.165) is 20.1 Å². The molecule has 0 atom stereocenters. The van der Waals surface area contributed by atoms with E-state index in [4.69, 9.17) is 23.2 Å². The second-order valence-electron chi connectivity index (χ2n) is 3.92. The van der Waals surface area contributed by atoms with Crippen molar-refractivity contribution in [2.75, 3.05) is 12.4 Å². The Balaban J connectivity index is 2.04. The number of benzene rings is 1. The van der Waals surface area contributed by atoms with Crippen LogP contribution in [0.5, 0.6) is 0 Å². The fraction of sp³-hybridized carbons (Fsp3) is 0.0769. The number of hydrogen-bond donors (Lipinski definition) is 1. The lowest BCUT2D eigenvalue weighted by Crippen LogP contribution is -1.96. The predicted molar refractivity (Wildman–Crippen MR) is 87.5 cm³/mol. The highest BCUT2D eigenvalue weighted by atomic mass is 35.5. The summed E-state index contributed by atoms with van der Waals surface area (Å²) in [6.45, 7) is 0. The van der Waals surface area contributed by atoms with E-state index in [1.54, 1.807) is 29.2 Å². The molecular formula is C13H9Cl2N3S2. The zero-order valence-electron chi connectivity index (χ0n) is 10.4. The van der Waals surface area contributed by atoms with Gasteiger partial charge in [-0.15, -0.1) is 11.3 Å². The van der Waals surface area contributed by atoms with Crippen LogP contribution in [0.3, 0.4) is 0 Å². The zero-order valence-corrected chi connectivity index (χ0v) is 13.5. The molecule has 0 unspecified atom stereocenters. The molecule has 0 fully saturated rings. The van der Waals surface area contributed by atoms with Crippen LogP contribution in [0.4, 0.5) is 5.95 Å². The van der Waals surface area contributed by atoms with Gasteiger partial charge in [-0.25, -0.2) is 9.97 Å². The molecule has 3 nitrogen and oxygen atoms in total. The number of halogens is 2. The molecule has 0 saturated carbocycles. The Kier molecular flexibility index (Phi) is 4.03. The zero-order chi connectivity index (χ0) is 14.1. The quantitative estimate of drug-likeness (QED) is 0.665. The van der Waals surface area contributed by atoms with Gasteiger partial charge in [0.1, 0.15) is 9.86 Å². The molecule has 3 rings (SSSR count). The summed E-state index contributed by atoms with van der Waals surface area (Å²) < 4.78 is 0. The van der Waals surface area contributed by atoms with Gasteiger partial charge in [0.15, 0.2) is 0 Å². The first-order valence-electron chi connectivity index (χ1n) is 5.73. The maximum absolute atomic E-state index is 6.05. The molecule has 20 heavy (non-hydrogen) atoms. The second kappa shape index (κ2) is 5.77. The maximum atomic E-state index is 6.05. The van der Waals surface area contributed by atoms with Crippen LogP contribution in [0.1, 0.15) is 0 Å². The van der Waals surface area contributed by atoms with E-state index in [9.17, 15) is 0 Å². The molecule has 7 heteroatoms. The Morgan fingerprint density at radius 3 is 2.75 bits per heavy atom. The van der Waals surface area contributed by atoms with E-state index in [2.05, 4.69) is 15.3 Å². The standard InChI is InChI=1S/C13H9Cl2N3S2/c1-16-13-17-11-8(4-5-19-11)12(18-13)20-7-2-3-9(14)10(15)6-7/h2-6H,1H3,(H,16,17,18). The van der Waals surface area contributed by atoms with Crippen molar-refractivity contribution in [1.82, 2.24) is 9.97 Å². The molecule has 1 N–H and O–H groups in total. The topological polar surface area (TPSA) is 37.8 Å². The molecule has 2 heterocycles. The molecule has 102 valence electrons. The van der Waals surface area contributed by atoms with E-state index in [1.807, 2.05) is 30.6 Å². The monoisotopic (exact) mass is 341 g/mol. The summed E-state index contributed by atoms with van der Waals surface area (Å²) in [5.74, 6) is 0.613. The Morgan fingerprint density at radius 1 is 1.15 bits per heavy atom. The van der Waals surface area contributed by atoms with Crippen molar-refractivity contribution >= 4 is 62.5 Å². The van der Waals surface area contributed by atoms with E-state index in [-0.39, 0.29) is 0 Å². The average molecular weight is 342 g/mol. The summed E-state index contributed by atoms with van der Waals surface area (Å²) in [6.07, 6.45) is 0. The van der Waals surface area contributed by atoms with Crippen LogP contribution in [-0.2, 0) is 0 Å². The lowest BCUT2D eigenvalue weighted by Gasteiger charge is -2.06. The predicted octanol–water partition coefficient (Wildman–Crippen LogP) is 5.19. The molecule has 0 aliphatic carbocycles. The first kappa shape index (κ1) is 13.9. The first-order chi connectivity index (χ1) is 9.67. The van der Waals surface area contributed by atoms with Gasteiger partial charge < -0.3 is 5.32 Å². The van der Waals surface area contributed by atoms with Crippen LogP contribution in [0, 0.1) is 0 Å². The van der Waals surface area contributed by atoms with Crippen molar-refractivity contribution in [1.29, 1.82) is 0 Å². The average Bonchev–Trinajstić information content (AvgIpc) is 2.91. The van der Waals surface area contributed by atoms with Crippen LogP contribution in [0.15, 0.2) is 39.6 Å². The maximum Gasteiger partial charge on any atom is 0.224 e. The second-order valence-corrected chi connectivity index (χ2v) is 6.69. The van der Waals surface area contributed by atoms with Gasteiger partial charge in [0.25, 0.3) is 0 Å². The number of nitrogens with zero attached hydrogens (tertiary/aromatic N) is 2. The summed E-state index contributed by atoms with van der Waals surface area (Å²) in [7, 11) is 1.81. The summed E-state index contributed by atoms with van der Waals surface area (Å²) in [5, 5.41) is 8.03. The van der Waals surface area contributed by atoms with Crippen molar-refractivity contribution in [2.24, 2.45) is 0 Å². The Bertz CT molecular complexity index is 773. The smallest absolute Gasteiger partial charge is 0.224 e. The summed E-state index contributed by atoms with van der Waals surface area (Å²) >= 11 is 15.1. The number of hydrogen-bond acceptors (Lipinski definition) is 5. The number of rotatable bonds is 3. The molecule has 0 radical (unpaired) electrons. The summed E-state index contributed by atoms with van der Waals surface area (Å²) in [5.41, 5.74) is 0. The number of anilines is 1. The molecule has 0 amide bonds. The third kappa shape index (κ3) is 2.72. The molecular weight excluding hydrogens is 333 g/mol. The van der Waals surface area contributed by atoms with Gasteiger partial charge in [0.05, 0.1) is 10.0 Å². The van der Waals surface area contributed by atoms with Gasteiger partial charge in [-0.05, 0) is 29.6 Å². The molecule has 0 aliphatic rings. The molecule has 0 bridgehead atoms. The van der Waals surface area contributed by atoms with E-state index >= 15 is 0 Å². The van der Waals surface area contributed by atoms with Crippen LogP contribution in [-0.4, -0.2) is 17.0 Å². The van der Waals surface area contributed by atoms with Crippen LogP contribution in [0.2, 0.25) is 10.0 Å². The van der Waals surface area contributed by atoms with E-state index in [1.165, 1.54) is 0 Å². The highest BCUT2D eigenvalue weighted by Crippen LogP contribution is 2.36. The molecule has 3 aromatic rings. The largest absolute Gasteiger partial charge is 0.357 e. The van der Waals surface area contributed by atoms with Crippen molar-refractivity contribution in [3.63, 3.8) is 0 Å². The Hall–Kier alpha value is -1.01. The SMILES string of the molecule is CNc1nc(Sc2ccc(Cl)c(Cl)c2)c2ccsc2n1. The number of fused-ring (bicyclic) bond motifs is 1. The van der Waals surface area contributed by atoms with Gasteiger partial charge in [0.2, 0.25) is 5.95 Å². The summed E-state index contributed by atoms with van der Waals surface area (Å²) in [6, 6.07) is 7.59. The fourth-order valence-corrected chi connectivity index (χ4v) is 3.80. The van der Waals surface area contributed by atoms with Gasteiger partial charge in [-0.1, -0.05) is 35.0 Å². The highest BCUT2D eigenvalue weighted by Gasteiger charge is 2.10. The fourth-order valence-electron chi connectivity index (χ4n) is 1.67. The van der Waals surface area contributed by atoms with Crippen molar-refractivity contribution in [3.8, 4) is 0 Å². The third-order valence-corrected chi connectivity index (χ3v) is 5.16. The van der Waals surface area contributed by atoms with Crippen LogP contribution >= 0.6 is 46.3 Å². The van der Waals surface area contributed by atoms with Gasteiger partial charge in [-0.3, -0.25) is 0 Å². The Labute approximate surface area is 134 Å². The normalized spacial score (nSPS) is 10.9. The van der Waals surface area contributed by atoms with Crippen LogP contribution in [0.25, 0.3) is 10.2 Å². The molecule has 0 spiro atoms. The molecule has 2 aromatic heterocycles. The van der Waals surface area contributed by atoms with Crippen LogP contribution < -0.4 is 5.32 Å². The Morgan fingerprint density at radius 2 is 2.00 bits per heavy atom. The lowest BCUT2D eigenvalue weighted by atomic mass is 10.4. The number of nitrogens with one attached hydrogen (secondary N) is 1. The van der Waals surface area contributed by atoms with Crippen molar-refractivity contribution in [2.45, 2.75) is 9.92 Å². The van der Waals surface area contributed by atoms with E-state index in [0.29, 0.717) is 16.0 Å². The molecule has 1 aromatic carbocycles. The minimum Gasteiger partial charge on any atom is -0.357 e. The number of thiophene rings is 1. The summed E-state index contributed by atoms with van der Waals surface area (Å²) in [4.78, 5) is 10.9. The van der Waals surface area contributed by atoms with Crippen molar-refractivity contribution in [3.05, 3.63) is 39.7 Å².